The number of hydrogen-bond donors (Lipinski definition) is 2. The second-order valence-corrected chi connectivity index (χ2v) is 7.83. The first-order chi connectivity index (χ1) is 9.80. The Balaban J connectivity index is 0.00000242. The molecule has 22 heavy (non-hydrogen) atoms. The molecule has 0 aromatic heterocycles. The summed E-state index contributed by atoms with van der Waals surface area (Å²) in [6.45, 7) is 4.91. The van der Waals surface area contributed by atoms with Crippen molar-refractivity contribution in [2.45, 2.75) is 24.8 Å². The molecule has 9 heteroatoms. The number of benzene rings is 1. The van der Waals surface area contributed by atoms with E-state index in [0.29, 0.717) is 29.8 Å². The van der Waals surface area contributed by atoms with E-state index in [9.17, 15) is 13.2 Å². The van der Waals surface area contributed by atoms with E-state index in [1.54, 1.807) is 6.07 Å². The van der Waals surface area contributed by atoms with Crippen LogP contribution in [-0.4, -0.2) is 44.3 Å². The molecule has 2 N–H and O–H groups in total. The van der Waals surface area contributed by atoms with E-state index in [-0.39, 0.29) is 29.3 Å². The standard InChI is InChI=1S/C13H18BrN3O3S.ClH/c1-9-8-17(6-5-15-9)21(19,20)11-3-4-13(12(14)7-11)16-10(2)18;/h3-4,7,9,15H,5-6,8H2,1-2H3,(H,16,18);1H. The van der Waals surface area contributed by atoms with E-state index in [2.05, 4.69) is 26.6 Å². The molecule has 1 saturated heterocycles. The van der Waals surface area contributed by atoms with E-state index in [4.69, 9.17) is 0 Å². The summed E-state index contributed by atoms with van der Waals surface area (Å²) in [5.41, 5.74) is 0.551. The van der Waals surface area contributed by atoms with Crippen molar-refractivity contribution in [2.75, 3.05) is 25.0 Å². The lowest BCUT2D eigenvalue weighted by molar-refractivity contribution is -0.114. The number of nitrogens with one attached hydrogen (secondary N) is 2. The molecule has 0 bridgehead atoms. The predicted molar refractivity (Wildman–Crippen MR) is 91.9 cm³/mol. The number of amides is 1. The third-order valence-electron chi connectivity index (χ3n) is 3.22. The summed E-state index contributed by atoms with van der Waals surface area (Å²) < 4.78 is 27.2. The molecule has 0 radical (unpaired) electrons. The summed E-state index contributed by atoms with van der Waals surface area (Å²) >= 11 is 3.29. The van der Waals surface area contributed by atoms with Gasteiger partial charge < -0.3 is 10.6 Å². The van der Waals surface area contributed by atoms with Crippen LogP contribution in [0.4, 0.5) is 5.69 Å². The van der Waals surface area contributed by atoms with Gasteiger partial charge in [-0.15, -0.1) is 12.4 Å². The smallest absolute Gasteiger partial charge is 0.243 e. The van der Waals surface area contributed by atoms with Crippen LogP contribution in [0.1, 0.15) is 13.8 Å². The van der Waals surface area contributed by atoms with Crippen molar-refractivity contribution in [1.82, 2.24) is 9.62 Å². The number of carbonyl (C=O) groups excluding carboxylic acids is 1. The Morgan fingerprint density at radius 3 is 2.68 bits per heavy atom. The Morgan fingerprint density at radius 2 is 2.14 bits per heavy atom. The fraction of sp³-hybridized carbons (Fsp3) is 0.462. The fourth-order valence-electron chi connectivity index (χ4n) is 2.21. The monoisotopic (exact) mass is 411 g/mol. The molecular formula is C13H19BrClN3O3S. The van der Waals surface area contributed by atoms with E-state index < -0.39 is 10.0 Å². The van der Waals surface area contributed by atoms with Crippen LogP contribution in [0.25, 0.3) is 0 Å². The first-order valence-corrected chi connectivity index (χ1v) is 8.84. The molecule has 1 aromatic carbocycles. The highest BCUT2D eigenvalue weighted by Crippen LogP contribution is 2.27. The van der Waals surface area contributed by atoms with Crippen LogP contribution in [0.15, 0.2) is 27.6 Å². The van der Waals surface area contributed by atoms with Crippen LogP contribution in [0, 0.1) is 0 Å². The van der Waals surface area contributed by atoms with E-state index in [1.165, 1.54) is 23.4 Å². The van der Waals surface area contributed by atoms with Gasteiger partial charge in [0.15, 0.2) is 0 Å². The Hall–Kier alpha value is -0.670. The number of hydrogen-bond acceptors (Lipinski definition) is 4. The molecule has 1 amide bonds. The normalized spacial score (nSPS) is 19.3. The molecule has 1 heterocycles. The molecule has 0 aliphatic carbocycles. The van der Waals surface area contributed by atoms with Crippen molar-refractivity contribution in [3.05, 3.63) is 22.7 Å². The van der Waals surface area contributed by atoms with Crippen molar-refractivity contribution in [3.63, 3.8) is 0 Å². The van der Waals surface area contributed by atoms with Gasteiger partial charge >= 0.3 is 0 Å². The van der Waals surface area contributed by atoms with Gasteiger partial charge in [-0.05, 0) is 41.1 Å². The van der Waals surface area contributed by atoms with Crippen molar-refractivity contribution in [1.29, 1.82) is 0 Å². The molecule has 1 aliphatic rings. The summed E-state index contributed by atoms with van der Waals surface area (Å²) in [5.74, 6) is -0.206. The van der Waals surface area contributed by atoms with Crippen LogP contribution < -0.4 is 10.6 Å². The van der Waals surface area contributed by atoms with Gasteiger partial charge in [-0.1, -0.05) is 0 Å². The minimum Gasteiger partial charge on any atom is -0.325 e. The van der Waals surface area contributed by atoms with Crippen molar-refractivity contribution >= 4 is 50.0 Å². The number of halogens is 2. The first-order valence-electron chi connectivity index (χ1n) is 6.61. The number of sulfonamides is 1. The molecule has 1 unspecified atom stereocenters. The van der Waals surface area contributed by atoms with Gasteiger partial charge in [0.05, 0.1) is 10.6 Å². The summed E-state index contributed by atoms with van der Waals surface area (Å²) in [7, 11) is -3.51. The Bertz CT molecular complexity index is 654. The third kappa shape index (κ3) is 4.42. The lowest BCUT2D eigenvalue weighted by Gasteiger charge is -2.31. The van der Waals surface area contributed by atoms with Crippen LogP contribution >= 0.6 is 28.3 Å². The van der Waals surface area contributed by atoms with Gasteiger partial charge in [-0.3, -0.25) is 4.79 Å². The van der Waals surface area contributed by atoms with E-state index in [1.807, 2.05) is 6.92 Å². The van der Waals surface area contributed by atoms with Crippen molar-refractivity contribution < 1.29 is 13.2 Å². The molecule has 0 spiro atoms. The number of carbonyl (C=O) groups is 1. The van der Waals surface area contributed by atoms with Gasteiger partial charge in [0.1, 0.15) is 0 Å². The highest BCUT2D eigenvalue weighted by atomic mass is 79.9. The molecule has 1 aliphatic heterocycles. The van der Waals surface area contributed by atoms with Crippen LogP contribution in [0.5, 0.6) is 0 Å². The number of anilines is 1. The molecule has 1 fully saturated rings. The number of piperazine rings is 1. The zero-order chi connectivity index (χ0) is 15.6. The maximum Gasteiger partial charge on any atom is 0.243 e. The predicted octanol–water partition coefficient (Wildman–Crippen LogP) is 1.81. The van der Waals surface area contributed by atoms with Gasteiger partial charge in [-0.25, -0.2) is 8.42 Å². The Kier molecular flexibility index (Phi) is 6.82. The lowest BCUT2D eigenvalue weighted by Crippen LogP contribution is -2.51. The second kappa shape index (κ2) is 7.74. The molecule has 1 aromatic rings. The van der Waals surface area contributed by atoms with Gasteiger partial charge in [-0.2, -0.15) is 4.31 Å². The summed E-state index contributed by atoms with van der Waals surface area (Å²) in [4.78, 5) is 11.3. The highest BCUT2D eigenvalue weighted by Gasteiger charge is 2.28. The molecule has 0 saturated carbocycles. The van der Waals surface area contributed by atoms with E-state index >= 15 is 0 Å². The average molecular weight is 413 g/mol. The Morgan fingerprint density at radius 1 is 1.45 bits per heavy atom. The SMILES string of the molecule is CC(=O)Nc1ccc(S(=O)(=O)N2CCNC(C)C2)cc1Br.Cl. The molecule has 2 rings (SSSR count). The third-order valence-corrected chi connectivity index (χ3v) is 5.74. The Labute approximate surface area is 145 Å². The van der Waals surface area contributed by atoms with Crippen molar-refractivity contribution in [3.8, 4) is 0 Å². The largest absolute Gasteiger partial charge is 0.325 e. The second-order valence-electron chi connectivity index (χ2n) is 5.04. The van der Waals surface area contributed by atoms with Gasteiger partial charge in [0.2, 0.25) is 15.9 Å². The number of rotatable bonds is 3. The highest BCUT2D eigenvalue weighted by molar-refractivity contribution is 9.10. The maximum atomic E-state index is 12.6. The molecule has 6 nitrogen and oxygen atoms in total. The minimum atomic E-state index is -3.51. The van der Waals surface area contributed by atoms with Gasteiger partial charge in [0, 0.05) is 37.1 Å². The molecule has 124 valence electrons. The average Bonchev–Trinajstić information content (AvgIpc) is 2.40. The van der Waals surface area contributed by atoms with E-state index in [0.717, 1.165) is 0 Å². The minimum absolute atomic E-state index is 0. The number of nitrogens with zero attached hydrogens (tertiary/aromatic N) is 1. The van der Waals surface area contributed by atoms with Crippen LogP contribution in [0.3, 0.4) is 0 Å². The fourth-order valence-corrected chi connectivity index (χ4v) is 4.40. The lowest BCUT2D eigenvalue weighted by atomic mass is 10.3. The summed E-state index contributed by atoms with van der Waals surface area (Å²) in [6.07, 6.45) is 0. The van der Waals surface area contributed by atoms with Crippen molar-refractivity contribution in [2.24, 2.45) is 0 Å². The van der Waals surface area contributed by atoms with Gasteiger partial charge in [0.25, 0.3) is 0 Å². The maximum absolute atomic E-state index is 12.6. The quantitative estimate of drug-likeness (QED) is 0.794. The summed E-state index contributed by atoms with van der Waals surface area (Å²) in [5, 5.41) is 5.85. The molecule has 1 atom stereocenters. The molecular weight excluding hydrogens is 394 g/mol. The summed E-state index contributed by atoms with van der Waals surface area (Å²) in [6, 6.07) is 4.76. The zero-order valence-corrected chi connectivity index (χ0v) is 15.5. The topological polar surface area (TPSA) is 78.5 Å². The van der Waals surface area contributed by atoms with Crippen LogP contribution in [0.2, 0.25) is 0 Å². The zero-order valence-electron chi connectivity index (χ0n) is 12.3. The first kappa shape index (κ1) is 19.4. The van der Waals surface area contributed by atoms with Crippen LogP contribution in [-0.2, 0) is 14.8 Å².